The van der Waals surface area contributed by atoms with Crippen LogP contribution in [0.1, 0.15) is 16.6 Å². The average molecular weight is 495 g/mol. The number of benzene rings is 1. The number of aliphatic hydroxyl groups excluding tert-OH is 3. The zero-order valence-corrected chi connectivity index (χ0v) is 17.3. The Bertz CT molecular complexity index is 1260. The van der Waals surface area contributed by atoms with Gasteiger partial charge in [-0.05, 0) is 5.75 Å². The van der Waals surface area contributed by atoms with Gasteiger partial charge in [0.2, 0.25) is 11.7 Å². The van der Waals surface area contributed by atoms with Gasteiger partial charge in [-0.25, -0.2) is 9.36 Å². The number of ether oxygens (including phenoxy) is 1. The normalized spacial score (nSPS) is 21.3. The molecule has 4 atom stereocenters. The predicted molar refractivity (Wildman–Crippen MR) is 108 cm³/mol. The molecule has 0 spiro atoms. The number of rotatable bonds is 5. The molecule has 18 nitrogen and oxygen atoms in total. The van der Waals surface area contributed by atoms with Crippen LogP contribution < -0.4 is 15.4 Å². The first-order chi connectivity index (χ1) is 16.5. The van der Waals surface area contributed by atoms with Gasteiger partial charge in [-0.2, -0.15) is 4.98 Å². The number of carboxylic acids is 1. The van der Waals surface area contributed by atoms with Gasteiger partial charge in [0.1, 0.15) is 18.3 Å². The van der Waals surface area contributed by atoms with Crippen LogP contribution in [0.3, 0.4) is 0 Å². The number of hydrogen-bond acceptors (Lipinski definition) is 13. The Hall–Kier alpha value is -4.52. The second-order valence-electron chi connectivity index (χ2n) is 7.03. The van der Waals surface area contributed by atoms with Gasteiger partial charge in [-0.15, -0.1) is 0 Å². The average Bonchev–Trinajstić information content (AvgIpc) is 3.35. The largest absolute Gasteiger partial charge is 0.867 e. The lowest BCUT2D eigenvalue weighted by atomic mass is 10.1. The summed E-state index contributed by atoms with van der Waals surface area (Å²) in [5, 5.41) is 69.2. The Morgan fingerprint density at radius 3 is 2.43 bits per heavy atom. The van der Waals surface area contributed by atoms with Crippen molar-refractivity contribution in [3.8, 4) is 5.75 Å². The summed E-state index contributed by atoms with van der Waals surface area (Å²) >= 11 is 0. The van der Waals surface area contributed by atoms with E-state index in [1.807, 2.05) is 0 Å². The molecule has 0 radical (unpaired) electrons. The third kappa shape index (κ3) is 4.75. The number of aromatic amines is 1. The van der Waals surface area contributed by atoms with E-state index in [9.17, 15) is 40.3 Å². The van der Waals surface area contributed by atoms with Crippen LogP contribution in [-0.4, -0.2) is 76.1 Å². The number of aliphatic hydroxyl groups is 3. The molecule has 1 aromatic carbocycles. The first kappa shape index (κ1) is 25.1. The number of aromatic carboxylic acids is 1. The third-order valence-electron chi connectivity index (χ3n) is 4.93. The molecule has 3 aromatic rings. The maximum Gasteiger partial charge on any atom is 0.335 e. The molecular formula is C17H17N7O11. The summed E-state index contributed by atoms with van der Waals surface area (Å²) in [5.41, 5.74) is 3.71. The molecule has 186 valence electrons. The molecule has 1 saturated heterocycles. The van der Waals surface area contributed by atoms with Crippen LogP contribution in [0.5, 0.6) is 5.75 Å². The van der Waals surface area contributed by atoms with E-state index in [-0.39, 0.29) is 12.4 Å². The summed E-state index contributed by atoms with van der Waals surface area (Å²) in [6.45, 7) is -0.380. The monoisotopic (exact) mass is 495 g/mol. The Kier molecular flexibility index (Phi) is 7.01. The fraction of sp³-hybridized carbons (Fsp3) is 0.294. The van der Waals surface area contributed by atoms with Crippen LogP contribution in [0, 0.1) is 20.2 Å². The number of imidazole rings is 1. The van der Waals surface area contributed by atoms with E-state index in [4.69, 9.17) is 20.7 Å². The highest BCUT2D eigenvalue weighted by atomic mass is 16.6. The van der Waals surface area contributed by atoms with Crippen molar-refractivity contribution < 1.29 is 49.5 Å². The molecule has 0 aliphatic carbocycles. The van der Waals surface area contributed by atoms with Gasteiger partial charge < -0.3 is 36.0 Å². The number of aromatic nitrogens is 4. The number of nitrogen functional groups attached to an aromatic ring is 1. The summed E-state index contributed by atoms with van der Waals surface area (Å²) in [6.07, 6.45) is -1.20. The van der Waals surface area contributed by atoms with Crippen molar-refractivity contribution in [3.63, 3.8) is 0 Å². The highest BCUT2D eigenvalue weighted by Crippen LogP contribution is 2.32. The molecule has 4 rings (SSSR count). The van der Waals surface area contributed by atoms with Gasteiger partial charge in [-0.1, -0.05) is 4.98 Å². The number of nitrogens with one attached hydrogen (secondary N) is 1. The fourth-order valence-corrected chi connectivity index (χ4v) is 3.22. The highest BCUT2D eigenvalue weighted by Gasteiger charge is 2.46. The zero-order valence-electron chi connectivity index (χ0n) is 17.3. The van der Waals surface area contributed by atoms with E-state index < -0.39 is 63.0 Å². The van der Waals surface area contributed by atoms with Gasteiger partial charge in [0.25, 0.3) is 11.4 Å². The topological polar surface area (TPSA) is 288 Å². The van der Waals surface area contributed by atoms with Gasteiger partial charge in [0.05, 0.1) is 28.1 Å². The van der Waals surface area contributed by atoms with Crippen LogP contribution >= 0.6 is 0 Å². The molecule has 0 amide bonds. The SMILES string of the molecule is Nc1ncnc2c1[nH]c[n+]2[C@@H]1O[C@H](CO)[C@@H](O)[C@H]1O.O=C(O)c1cc([N+](=O)[O-])cc([N+](=O)[O-])c1[O-]. The van der Waals surface area contributed by atoms with Crippen LogP contribution in [0.15, 0.2) is 24.8 Å². The number of H-pyrrole nitrogens is 1. The molecular weight excluding hydrogens is 478 g/mol. The molecule has 1 aliphatic heterocycles. The van der Waals surface area contributed by atoms with Crippen LogP contribution in [0.2, 0.25) is 0 Å². The van der Waals surface area contributed by atoms with E-state index in [2.05, 4.69) is 15.0 Å². The summed E-state index contributed by atoms with van der Waals surface area (Å²) in [4.78, 5) is 39.8. The predicted octanol–water partition coefficient (Wildman–Crippen LogP) is -2.29. The number of non-ortho nitro benzene ring substituents is 1. The highest BCUT2D eigenvalue weighted by molar-refractivity contribution is 5.93. The number of carboxylic acid groups (broad SMARTS) is 1. The Balaban J connectivity index is 0.000000199. The first-order valence-corrected chi connectivity index (χ1v) is 9.46. The smallest absolute Gasteiger partial charge is 0.335 e. The van der Waals surface area contributed by atoms with Crippen LogP contribution in [0.25, 0.3) is 11.2 Å². The molecule has 2 aromatic heterocycles. The molecule has 18 heteroatoms. The summed E-state index contributed by atoms with van der Waals surface area (Å²) in [7, 11) is 0. The van der Waals surface area contributed by atoms with Crippen LogP contribution in [-0.2, 0) is 4.74 Å². The molecule has 0 saturated carbocycles. The van der Waals surface area contributed by atoms with Gasteiger partial charge in [0.15, 0.2) is 18.5 Å². The van der Waals surface area contributed by atoms with E-state index in [1.165, 1.54) is 17.2 Å². The number of nitro benzene ring substituents is 2. The standard InChI is InChI=1S/C10H13N5O4.C7H4N2O7/c11-8-5-9(13-2-12-8)15(3-14-5)10-7(18)6(17)4(1-16)19-10;10-6-4(7(11)12)1-3(8(13)14)2-5(6)9(15)16/h2-4,6-7,10,16-18H,1H2,(H2,11,12,13);1-2,10H,(H,11,12)/t4-,6-,7-,10-;/m1./s1. The van der Waals surface area contributed by atoms with Crippen molar-refractivity contribution in [2.75, 3.05) is 12.3 Å². The number of nitrogens with zero attached hydrogens (tertiary/aromatic N) is 5. The molecule has 3 heterocycles. The lowest BCUT2D eigenvalue weighted by Gasteiger charge is -2.11. The molecule has 1 fully saturated rings. The Labute approximate surface area is 192 Å². The molecule has 35 heavy (non-hydrogen) atoms. The summed E-state index contributed by atoms with van der Waals surface area (Å²) < 4.78 is 6.93. The third-order valence-corrected chi connectivity index (χ3v) is 4.93. The fourth-order valence-electron chi connectivity index (χ4n) is 3.22. The number of nitrogens with two attached hydrogens (primary N) is 1. The Morgan fingerprint density at radius 1 is 1.20 bits per heavy atom. The summed E-state index contributed by atoms with van der Waals surface area (Å²) in [6, 6.07) is 0.909. The maximum atomic E-state index is 11.2. The molecule has 0 bridgehead atoms. The molecule has 1 aliphatic rings. The van der Waals surface area contributed by atoms with E-state index in [1.54, 1.807) is 0 Å². The number of nitro groups is 2. The molecule has 7 N–H and O–H groups in total. The minimum absolute atomic E-state index is 0.274. The van der Waals surface area contributed by atoms with E-state index in [0.717, 1.165) is 0 Å². The van der Waals surface area contributed by atoms with Crippen molar-refractivity contribution in [2.24, 2.45) is 0 Å². The van der Waals surface area contributed by atoms with Crippen molar-refractivity contribution in [1.82, 2.24) is 15.0 Å². The van der Waals surface area contributed by atoms with Crippen molar-refractivity contribution in [3.05, 3.63) is 50.6 Å². The molecule has 0 unspecified atom stereocenters. The zero-order chi connectivity index (χ0) is 26.0. The van der Waals surface area contributed by atoms with Gasteiger partial charge >= 0.3 is 11.6 Å². The quantitative estimate of drug-likeness (QED) is 0.123. The minimum Gasteiger partial charge on any atom is -0.867 e. The number of hydrogen-bond donors (Lipinski definition) is 6. The second-order valence-corrected chi connectivity index (χ2v) is 7.03. The first-order valence-electron chi connectivity index (χ1n) is 9.46. The number of carbonyl (C=O) groups is 1. The maximum absolute atomic E-state index is 11.2. The van der Waals surface area contributed by atoms with E-state index in [0.29, 0.717) is 23.3 Å². The lowest BCUT2D eigenvalue weighted by Crippen LogP contribution is -2.45. The van der Waals surface area contributed by atoms with E-state index >= 15 is 0 Å². The van der Waals surface area contributed by atoms with Crippen molar-refractivity contribution in [1.29, 1.82) is 0 Å². The van der Waals surface area contributed by atoms with Crippen molar-refractivity contribution >= 4 is 34.3 Å². The van der Waals surface area contributed by atoms with Crippen molar-refractivity contribution in [2.45, 2.75) is 24.5 Å². The minimum atomic E-state index is -1.75. The van der Waals surface area contributed by atoms with Gasteiger partial charge in [-0.3, -0.25) is 25.2 Å². The lowest BCUT2D eigenvalue weighted by molar-refractivity contribution is -0.745. The summed E-state index contributed by atoms with van der Waals surface area (Å²) in [5.74, 6) is -2.84. The Morgan fingerprint density at radius 2 is 1.89 bits per heavy atom. The van der Waals surface area contributed by atoms with Crippen LogP contribution in [0.4, 0.5) is 17.2 Å². The van der Waals surface area contributed by atoms with Gasteiger partial charge in [0, 0.05) is 6.07 Å². The second kappa shape index (κ2) is 9.77. The number of anilines is 1. The number of fused-ring (bicyclic) bond motifs is 1.